The number of halogens is 2. The predicted octanol–water partition coefficient (Wildman–Crippen LogP) is 4.03. The minimum Gasteiger partial charge on any atom is -0.302 e. The summed E-state index contributed by atoms with van der Waals surface area (Å²) >= 11 is 13.3. The fourth-order valence-electron chi connectivity index (χ4n) is 1.65. The van der Waals surface area contributed by atoms with Gasteiger partial charge in [-0.2, -0.15) is 0 Å². The fraction of sp³-hybridized carbons (Fsp3) is 0.286. The normalized spacial score (nSPS) is 29.4. The molecule has 0 aromatic rings. The Balaban J connectivity index is 2.91. The predicted molar refractivity (Wildman–Crippen MR) is 88.1 cm³/mol. The topological polar surface area (TPSA) is 29.3 Å². The van der Waals surface area contributed by atoms with Crippen LogP contribution >= 0.6 is 35.1 Å². The largest absolute Gasteiger partial charge is 0.302 e. The zero-order chi connectivity index (χ0) is 14.3. The van der Waals surface area contributed by atoms with Crippen LogP contribution in [0.5, 0.6) is 0 Å². The van der Waals surface area contributed by atoms with Gasteiger partial charge in [0.15, 0.2) is 0 Å². The van der Waals surface area contributed by atoms with E-state index in [2.05, 4.69) is 11.5 Å². The molecule has 5 heteroatoms. The molecule has 1 aliphatic heterocycles. The number of nitrogens with two attached hydrogens (primary N) is 1. The van der Waals surface area contributed by atoms with Crippen LogP contribution in [0.4, 0.5) is 0 Å². The van der Waals surface area contributed by atoms with E-state index in [4.69, 9.17) is 28.3 Å². The molecule has 1 aliphatic rings. The van der Waals surface area contributed by atoms with E-state index < -0.39 is 0 Å². The van der Waals surface area contributed by atoms with Crippen LogP contribution in [0.1, 0.15) is 0 Å². The summed E-state index contributed by atoms with van der Waals surface area (Å²) in [5.74, 6) is 0.195. The molecule has 0 aromatic heterocycles. The molecule has 1 rings (SSSR count). The van der Waals surface area contributed by atoms with Crippen LogP contribution in [0.2, 0.25) is 0 Å². The standard InChI is InChI=1S/C14H18Cl2N2S/c1-11(6-8-19-17)12-3-4-13(15)9-14(16)5-7-18(2)10-12/h3-6,8-9,12H,1,7,10,17H2,2H3/b4-3+,8-6+,13-9+,14-5-. The van der Waals surface area contributed by atoms with Gasteiger partial charge in [0.05, 0.1) is 0 Å². The van der Waals surface area contributed by atoms with Gasteiger partial charge in [0.2, 0.25) is 0 Å². The monoisotopic (exact) mass is 316 g/mol. The van der Waals surface area contributed by atoms with Crippen molar-refractivity contribution in [2.75, 3.05) is 20.1 Å². The maximum atomic E-state index is 6.09. The molecule has 0 spiro atoms. The molecular formula is C14H18Cl2N2S. The Morgan fingerprint density at radius 1 is 1.53 bits per heavy atom. The van der Waals surface area contributed by atoms with Crippen molar-refractivity contribution >= 4 is 35.1 Å². The molecule has 0 aromatic carbocycles. The lowest BCUT2D eigenvalue weighted by Crippen LogP contribution is -2.26. The highest BCUT2D eigenvalue weighted by Crippen LogP contribution is 2.20. The molecule has 0 amide bonds. The Bertz CT molecular complexity index is 439. The van der Waals surface area contributed by atoms with Crippen LogP contribution in [0.25, 0.3) is 0 Å². The summed E-state index contributed by atoms with van der Waals surface area (Å²) in [5, 5.41) is 8.47. The van der Waals surface area contributed by atoms with Crippen molar-refractivity contribution in [2.45, 2.75) is 0 Å². The molecule has 19 heavy (non-hydrogen) atoms. The first kappa shape index (κ1) is 16.6. The summed E-state index contributed by atoms with van der Waals surface area (Å²) in [7, 11) is 2.04. The van der Waals surface area contributed by atoms with Crippen LogP contribution in [0.3, 0.4) is 0 Å². The van der Waals surface area contributed by atoms with Crippen molar-refractivity contribution < 1.29 is 0 Å². The quantitative estimate of drug-likeness (QED) is 0.629. The highest BCUT2D eigenvalue weighted by atomic mass is 35.5. The van der Waals surface area contributed by atoms with Gasteiger partial charge in [-0.1, -0.05) is 60.0 Å². The van der Waals surface area contributed by atoms with E-state index in [0.717, 1.165) is 18.7 Å². The third kappa shape index (κ3) is 6.50. The van der Waals surface area contributed by atoms with Crippen molar-refractivity contribution in [3.05, 3.63) is 58.0 Å². The molecule has 0 saturated carbocycles. The molecular weight excluding hydrogens is 299 g/mol. The van der Waals surface area contributed by atoms with Crippen LogP contribution in [-0.4, -0.2) is 25.0 Å². The minimum atomic E-state index is 0.195. The second kappa shape index (κ2) is 8.67. The van der Waals surface area contributed by atoms with Crippen LogP contribution < -0.4 is 5.14 Å². The van der Waals surface area contributed by atoms with E-state index in [9.17, 15) is 0 Å². The summed E-state index contributed by atoms with van der Waals surface area (Å²) in [4.78, 5) is 2.18. The summed E-state index contributed by atoms with van der Waals surface area (Å²) in [5.41, 5.74) is 1.00. The molecule has 1 atom stereocenters. The molecule has 0 radical (unpaired) electrons. The maximum absolute atomic E-state index is 6.09. The van der Waals surface area contributed by atoms with Crippen molar-refractivity contribution in [3.8, 4) is 0 Å². The lowest BCUT2D eigenvalue weighted by atomic mass is 9.99. The molecule has 1 heterocycles. The van der Waals surface area contributed by atoms with Crippen LogP contribution in [0.15, 0.2) is 58.0 Å². The lowest BCUT2D eigenvalue weighted by molar-refractivity contribution is 0.347. The summed E-state index contributed by atoms with van der Waals surface area (Å²) in [6.45, 7) is 5.70. The maximum Gasteiger partial charge on any atom is 0.0417 e. The van der Waals surface area contributed by atoms with Gasteiger partial charge in [-0.3, -0.25) is 5.14 Å². The number of hydrogen-bond donors (Lipinski definition) is 1. The van der Waals surface area contributed by atoms with E-state index in [1.54, 1.807) is 6.08 Å². The molecule has 0 saturated heterocycles. The smallest absolute Gasteiger partial charge is 0.0417 e. The highest BCUT2D eigenvalue weighted by molar-refractivity contribution is 7.99. The summed E-state index contributed by atoms with van der Waals surface area (Å²) in [6, 6.07) is 0. The second-order valence-corrected chi connectivity index (χ2v) is 5.74. The average Bonchev–Trinajstić information content (AvgIpc) is 2.37. The minimum absolute atomic E-state index is 0.195. The first-order valence-corrected chi connectivity index (χ1v) is 7.53. The first-order chi connectivity index (χ1) is 9.02. The van der Waals surface area contributed by atoms with Gasteiger partial charge < -0.3 is 4.90 Å². The molecule has 0 bridgehead atoms. The Hall–Kier alpha value is -0.450. The molecule has 104 valence electrons. The third-order valence-electron chi connectivity index (χ3n) is 2.71. The van der Waals surface area contributed by atoms with E-state index >= 15 is 0 Å². The highest BCUT2D eigenvalue weighted by Gasteiger charge is 2.11. The Morgan fingerprint density at radius 3 is 2.95 bits per heavy atom. The zero-order valence-electron chi connectivity index (χ0n) is 10.9. The van der Waals surface area contributed by atoms with E-state index in [0.29, 0.717) is 10.1 Å². The van der Waals surface area contributed by atoms with Gasteiger partial charge in [0, 0.05) is 29.1 Å². The molecule has 2 nitrogen and oxygen atoms in total. The number of hydrogen-bond acceptors (Lipinski definition) is 3. The van der Waals surface area contributed by atoms with Gasteiger partial charge in [0.25, 0.3) is 0 Å². The molecule has 2 N–H and O–H groups in total. The Kier molecular flexibility index (Phi) is 7.57. The number of allylic oxidation sites excluding steroid dienone is 5. The van der Waals surface area contributed by atoms with Crippen LogP contribution in [-0.2, 0) is 0 Å². The number of likely N-dealkylation sites (N-methyl/N-ethyl adjacent to an activating group) is 1. The fourth-order valence-corrected chi connectivity index (χ4v) is 2.34. The number of nitrogens with zero attached hydrogens (tertiary/aromatic N) is 1. The molecule has 0 aliphatic carbocycles. The Labute approximate surface area is 129 Å². The lowest BCUT2D eigenvalue weighted by Gasteiger charge is -2.22. The van der Waals surface area contributed by atoms with Crippen molar-refractivity contribution in [1.82, 2.24) is 4.90 Å². The van der Waals surface area contributed by atoms with Gasteiger partial charge in [-0.15, -0.1) is 0 Å². The second-order valence-electron chi connectivity index (χ2n) is 4.32. The molecule has 1 unspecified atom stereocenters. The van der Waals surface area contributed by atoms with E-state index in [-0.39, 0.29) is 5.92 Å². The van der Waals surface area contributed by atoms with Gasteiger partial charge in [-0.25, -0.2) is 0 Å². The van der Waals surface area contributed by atoms with Crippen molar-refractivity contribution in [1.29, 1.82) is 0 Å². The first-order valence-electron chi connectivity index (χ1n) is 5.83. The zero-order valence-corrected chi connectivity index (χ0v) is 13.2. The van der Waals surface area contributed by atoms with Gasteiger partial charge >= 0.3 is 0 Å². The average molecular weight is 317 g/mol. The Morgan fingerprint density at radius 2 is 2.26 bits per heavy atom. The van der Waals surface area contributed by atoms with Gasteiger partial charge in [0.1, 0.15) is 0 Å². The van der Waals surface area contributed by atoms with Crippen molar-refractivity contribution in [2.24, 2.45) is 11.1 Å². The van der Waals surface area contributed by atoms with Crippen molar-refractivity contribution in [3.63, 3.8) is 0 Å². The number of rotatable bonds is 3. The van der Waals surface area contributed by atoms with E-state index in [1.807, 2.05) is 36.8 Å². The SMILES string of the molecule is C=C(/C=C/SN)C1/C=C/C(Cl)=C\C(Cl)=C\CN(C)C1. The third-order valence-corrected chi connectivity index (χ3v) is 3.50. The summed E-state index contributed by atoms with van der Waals surface area (Å²) < 4.78 is 0. The van der Waals surface area contributed by atoms with Gasteiger partial charge in [-0.05, 0) is 30.2 Å². The summed E-state index contributed by atoms with van der Waals surface area (Å²) in [6.07, 6.45) is 9.51. The molecule has 0 fully saturated rings. The van der Waals surface area contributed by atoms with E-state index in [1.165, 1.54) is 11.9 Å². The van der Waals surface area contributed by atoms with Crippen LogP contribution in [0, 0.1) is 5.92 Å².